The highest BCUT2D eigenvalue weighted by Gasteiger charge is 2.14. The number of methoxy groups -OCH3 is 2. The molecule has 2 aromatic rings. The number of anilines is 2. The third kappa shape index (κ3) is 7.52. The second-order valence-corrected chi connectivity index (χ2v) is 6.28. The fourth-order valence-electron chi connectivity index (χ4n) is 2.20. The molecule has 0 saturated carbocycles. The van der Waals surface area contributed by atoms with Crippen molar-refractivity contribution in [2.24, 2.45) is 4.99 Å². The van der Waals surface area contributed by atoms with E-state index in [0.717, 1.165) is 14.2 Å². The monoisotopic (exact) mass is 448 g/mol. The number of benzene rings is 2. The zero-order chi connectivity index (χ0) is 22.8. The van der Waals surface area contributed by atoms with E-state index in [-0.39, 0.29) is 18.3 Å². The van der Waals surface area contributed by atoms with Crippen molar-refractivity contribution >= 4 is 47.0 Å². The smallest absolute Gasteiger partial charge is 0.436 e. The van der Waals surface area contributed by atoms with E-state index >= 15 is 0 Å². The summed E-state index contributed by atoms with van der Waals surface area (Å²) in [7, 11) is 2.29. The van der Waals surface area contributed by atoms with Crippen molar-refractivity contribution in [1.82, 2.24) is 5.32 Å². The number of hydrogen-bond donors (Lipinski definition) is 3. The summed E-state index contributed by atoms with van der Waals surface area (Å²) in [6.45, 7) is 1.69. The number of nitrogens with one attached hydrogen (secondary N) is 3. The van der Waals surface area contributed by atoms with Crippen LogP contribution in [0.2, 0.25) is 5.02 Å². The summed E-state index contributed by atoms with van der Waals surface area (Å²) in [5.74, 6) is 0.373. The first kappa shape index (κ1) is 23.5. The fraction of sp³-hybridized carbons (Fsp3) is 0.200. The number of hydrogen-bond acceptors (Lipinski definition) is 6. The minimum atomic E-state index is -0.959. The van der Waals surface area contributed by atoms with E-state index in [1.54, 1.807) is 49.4 Å². The van der Waals surface area contributed by atoms with Gasteiger partial charge in [-0.2, -0.15) is 0 Å². The number of carbonyl (C=O) groups excluding carboxylic acids is 3. The molecule has 0 fully saturated rings. The van der Waals surface area contributed by atoms with Gasteiger partial charge in [0, 0.05) is 17.5 Å². The van der Waals surface area contributed by atoms with Crippen LogP contribution in [-0.2, 0) is 14.3 Å². The molecule has 2 aromatic carbocycles. The van der Waals surface area contributed by atoms with Crippen molar-refractivity contribution in [2.75, 3.05) is 24.9 Å². The Balaban J connectivity index is 2.36. The Hall–Kier alpha value is -3.79. The first-order valence-electron chi connectivity index (χ1n) is 9.00. The molecule has 11 heteroatoms. The summed E-state index contributed by atoms with van der Waals surface area (Å²) in [5, 5.41) is 8.23. The van der Waals surface area contributed by atoms with Gasteiger partial charge in [-0.05, 0) is 30.3 Å². The van der Waals surface area contributed by atoms with Crippen LogP contribution in [0.3, 0.4) is 0 Å². The maximum absolute atomic E-state index is 12.0. The van der Waals surface area contributed by atoms with Crippen LogP contribution in [0, 0.1) is 0 Å². The van der Waals surface area contributed by atoms with Gasteiger partial charge in [0.1, 0.15) is 11.5 Å². The second-order valence-electron chi connectivity index (χ2n) is 5.84. The average Bonchev–Trinajstić information content (AvgIpc) is 2.75. The lowest BCUT2D eigenvalue weighted by atomic mass is 10.2. The molecule has 0 saturated heterocycles. The van der Waals surface area contributed by atoms with E-state index in [9.17, 15) is 14.4 Å². The first-order valence-corrected chi connectivity index (χ1v) is 9.38. The quantitative estimate of drug-likeness (QED) is 0.457. The molecule has 10 nitrogen and oxygen atoms in total. The molecule has 31 heavy (non-hydrogen) atoms. The lowest BCUT2D eigenvalue weighted by Crippen LogP contribution is -2.36. The van der Waals surface area contributed by atoms with Crippen molar-refractivity contribution in [3.63, 3.8) is 0 Å². The Kier molecular flexibility index (Phi) is 8.64. The molecular formula is C20H21ClN4O6. The van der Waals surface area contributed by atoms with Crippen LogP contribution in [0.25, 0.3) is 0 Å². The Labute approximate surface area is 183 Å². The number of amides is 3. The van der Waals surface area contributed by atoms with Crippen molar-refractivity contribution in [1.29, 1.82) is 0 Å². The molecule has 0 aromatic heterocycles. The van der Waals surface area contributed by atoms with Crippen molar-refractivity contribution in [3.8, 4) is 11.5 Å². The molecule has 0 bridgehead atoms. The predicted octanol–water partition coefficient (Wildman–Crippen LogP) is 4.37. The van der Waals surface area contributed by atoms with Crippen LogP contribution in [-0.4, -0.2) is 38.3 Å². The van der Waals surface area contributed by atoms with E-state index in [1.165, 1.54) is 0 Å². The summed E-state index contributed by atoms with van der Waals surface area (Å²) in [6.07, 6.45) is -1.60. The summed E-state index contributed by atoms with van der Waals surface area (Å²) in [4.78, 5) is 38.7. The Morgan fingerprint density at radius 2 is 1.71 bits per heavy atom. The number of aliphatic imine (C=N–C) groups is 1. The molecule has 0 aliphatic heterocycles. The van der Waals surface area contributed by atoms with Gasteiger partial charge in [0.2, 0.25) is 11.9 Å². The Bertz CT molecular complexity index is 995. The molecule has 0 aliphatic carbocycles. The number of alkyl carbamates (subject to hydrolysis) is 1. The lowest BCUT2D eigenvalue weighted by molar-refractivity contribution is -0.115. The summed E-state index contributed by atoms with van der Waals surface area (Å²) in [6, 6.07) is 11.6. The third-order valence-corrected chi connectivity index (χ3v) is 3.89. The van der Waals surface area contributed by atoms with E-state index in [4.69, 9.17) is 16.3 Å². The van der Waals surface area contributed by atoms with Gasteiger partial charge in [-0.15, -0.1) is 4.99 Å². The molecule has 3 N–H and O–H groups in total. The molecule has 164 valence electrons. The van der Waals surface area contributed by atoms with Crippen molar-refractivity contribution in [2.45, 2.75) is 13.3 Å². The number of rotatable bonds is 5. The Morgan fingerprint density at radius 1 is 0.968 bits per heavy atom. The van der Waals surface area contributed by atoms with Crippen molar-refractivity contribution < 1.29 is 28.6 Å². The number of carbonyl (C=O) groups is 3. The summed E-state index contributed by atoms with van der Waals surface area (Å²) in [5.41, 5.74) is 0.634. The molecule has 0 atom stereocenters. The highest BCUT2D eigenvalue weighted by molar-refractivity contribution is 6.30. The highest BCUT2D eigenvalue weighted by Crippen LogP contribution is 2.31. The standard InChI is InChI=1S/C20H21ClN4O6/c1-4-17(26)22-16-11-14(31-13-7-5-6-12(21)10-13)8-9-15(16)23-18(24-19(27)29-2)25-20(28)30-3/h5-11H,4H2,1-3H3,(H,22,26)(H2,23,24,25,27,28). The molecular weight excluding hydrogens is 428 g/mol. The molecule has 0 heterocycles. The zero-order valence-corrected chi connectivity index (χ0v) is 17.8. The van der Waals surface area contributed by atoms with E-state index in [0.29, 0.717) is 27.9 Å². The van der Waals surface area contributed by atoms with Gasteiger partial charge in [0.25, 0.3) is 0 Å². The van der Waals surface area contributed by atoms with E-state index < -0.39 is 12.2 Å². The van der Waals surface area contributed by atoms with E-state index in [2.05, 4.69) is 30.4 Å². The van der Waals surface area contributed by atoms with Crippen LogP contribution in [0.4, 0.5) is 21.0 Å². The average molecular weight is 449 g/mol. The van der Waals surface area contributed by atoms with Gasteiger partial charge in [-0.3, -0.25) is 10.1 Å². The van der Waals surface area contributed by atoms with Gasteiger partial charge in [0.05, 0.1) is 25.6 Å². The van der Waals surface area contributed by atoms with Crippen LogP contribution >= 0.6 is 11.6 Å². The molecule has 0 spiro atoms. The van der Waals surface area contributed by atoms with Crippen LogP contribution < -0.4 is 20.7 Å². The van der Waals surface area contributed by atoms with Gasteiger partial charge in [0.15, 0.2) is 0 Å². The van der Waals surface area contributed by atoms with Gasteiger partial charge in [-0.25, -0.2) is 9.59 Å². The number of ether oxygens (including phenoxy) is 3. The highest BCUT2D eigenvalue weighted by atomic mass is 35.5. The maximum atomic E-state index is 12.0. The number of nitrogens with zero attached hydrogens (tertiary/aromatic N) is 1. The minimum Gasteiger partial charge on any atom is -0.457 e. The predicted molar refractivity (Wildman–Crippen MR) is 116 cm³/mol. The zero-order valence-electron chi connectivity index (χ0n) is 17.0. The SMILES string of the molecule is CCC(=O)Nc1cc(Oc2cccc(Cl)c2)ccc1NC(=NC(=O)OC)NC(=O)OC. The molecule has 0 radical (unpaired) electrons. The number of halogens is 1. The van der Waals surface area contributed by atoms with Gasteiger partial charge in [-0.1, -0.05) is 24.6 Å². The lowest BCUT2D eigenvalue weighted by Gasteiger charge is -2.16. The molecule has 2 rings (SSSR count). The van der Waals surface area contributed by atoms with Crippen LogP contribution in [0.5, 0.6) is 11.5 Å². The maximum Gasteiger partial charge on any atom is 0.436 e. The number of guanidine groups is 1. The third-order valence-electron chi connectivity index (χ3n) is 3.65. The molecule has 0 unspecified atom stereocenters. The Morgan fingerprint density at radius 3 is 2.35 bits per heavy atom. The van der Waals surface area contributed by atoms with Crippen LogP contribution in [0.15, 0.2) is 47.5 Å². The molecule has 0 aliphatic rings. The second kappa shape index (κ2) is 11.4. The minimum absolute atomic E-state index is 0.225. The van der Waals surface area contributed by atoms with Crippen LogP contribution in [0.1, 0.15) is 13.3 Å². The van der Waals surface area contributed by atoms with E-state index in [1.807, 2.05) is 0 Å². The molecule has 3 amide bonds. The summed E-state index contributed by atoms with van der Waals surface area (Å²) < 4.78 is 14.8. The first-order chi connectivity index (χ1) is 14.8. The summed E-state index contributed by atoms with van der Waals surface area (Å²) >= 11 is 5.98. The van der Waals surface area contributed by atoms with Gasteiger partial charge < -0.3 is 24.8 Å². The largest absolute Gasteiger partial charge is 0.457 e. The van der Waals surface area contributed by atoms with Crippen molar-refractivity contribution in [3.05, 3.63) is 47.5 Å². The van der Waals surface area contributed by atoms with Gasteiger partial charge >= 0.3 is 12.2 Å². The fourth-order valence-corrected chi connectivity index (χ4v) is 2.38. The normalized spacial score (nSPS) is 10.6. The topological polar surface area (TPSA) is 127 Å².